The second kappa shape index (κ2) is 4.80. The molecule has 0 bridgehead atoms. The maximum absolute atomic E-state index is 2.29. The van der Waals surface area contributed by atoms with Gasteiger partial charge in [-0.05, 0) is 36.8 Å². The van der Waals surface area contributed by atoms with Crippen LogP contribution in [-0.2, 0) is 0 Å². The molecule has 0 spiro atoms. The van der Waals surface area contributed by atoms with Crippen molar-refractivity contribution < 1.29 is 0 Å². The Morgan fingerprint density at radius 1 is 1.00 bits per heavy atom. The lowest BCUT2D eigenvalue weighted by molar-refractivity contribution is 0.767. The normalized spacial score (nSPS) is 19.6. The summed E-state index contributed by atoms with van der Waals surface area (Å²) in [5.74, 6) is 0. The number of rotatable bonds is 1. The first kappa shape index (κ1) is 9.26. The Morgan fingerprint density at radius 3 is 2.71 bits per heavy atom. The van der Waals surface area contributed by atoms with Gasteiger partial charge in [0.25, 0.3) is 0 Å². The van der Waals surface area contributed by atoms with Gasteiger partial charge in [0.15, 0.2) is 0 Å². The van der Waals surface area contributed by atoms with Crippen molar-refractivity contribution >= 4 is 6.08 Å². The molecule has 14 heavy (non-hydrogen) atoms. The molecule has 0 saturated carbocycles. The Labute approximate surface area is 86.0 Å². The molecule has 0 N–H and O–H groups in total. The molecular formula is C14H16. The van der Waals surface area contributed by atoms with E-state index < -0.39 is 0 Å². The summed E-state index contributed by atoms with van der Waals surface area (Å²) in [6, 6.07) is 10.6. The average molecular weight is 184 g/mol. The molecule has 0 amide bonds. The Morgan fingerprint density at radius 2 is 1.86 bits per heavy atom. The van der Waals surface area contributed by atoms with Crippen molar-refractivity contribution in [1.29, 1.82) is 0 Å². The van der Waals surface area contributed by atoms with E-state index in [4.69, 9.17) is 0 Å². The van der Waals surface area contributed by atoms with Gasteiger partial charge < -0.3 is 0 Å². The third kappa shape index (κ3) is 2.59. The van der Waals surface area contributed by atoms with Crippen LogP contribution in [0.15, 0.2) is 48.1 Å². The van der Waals surface area contributed by atoms with Crippen LogP contribution in [0, 0.1) is 0 Å². The average Bonchev–Trinajstić information content (AvgIpc) is 2.48. The lowest BCUT2D eigenvalue weighted by Gasteiger charge is -1.99. The van der Waals surface area contributed by atoms with Crippen LogP contribution in [0.1, 0.15) is 31.2 Å². The van der Waals surface area contributed by atoms with E-state index in [0.717, 1.165) is 0 Å². The minimum Gasteiger partial charge on any atom is -0.0843 e. The molecule has 0 heterocycles. The van der Waals surface area contributed by atoms with Gasteiger partial charge in [0, 0.05) is 0 Å². The van der Waals surface area contributed by atoms with Crippen LogP contribution in [-0.4, -0.2) is 0 Å². The minimum absolute atomic E-state index is 1.23. The summed E-state index contributed by atoms with van der Waals surface area (Å²) in [6.45, 7) is 0. The maximum Gasteiger partial charge on any atom is -0.0254 e. The van der Waals surface area contributed by atoms with Crippen molar-refractivity contribution in [2.75, 3.05) is 0 Å². The molecule has 0 atom stereocenters. The molecule has 0 aliphatic heterocycles. The molecule has 0 radical (unpaired) electrons. The predicted octanol–water partition coefficient (Wildman–Crippen LogP) is 4.20. The lowest BCUT2D eigenvalue weighted by atomic mass is 10.1. The monoisotopic (exact) mass is 184 g/mol. The van der Waals surface area contributed by atoms with Crippen molar-refractivity contribution in [1.82, 2.24) is 0 Å². The lowest BCUT2D eigenvalue weighted by Crippen LogP contribution is -1.78. The largest absolute Gasteiger partial charge is 0.0843 e. The van der Waals surface area contributed by atoms with Gasteiger partial charge in [-0.15, -0.1) is 0 Å². The van der Waals surface area contributed by atoms with E-state index in [0.29, 0.717) is 0 Å². The number of hydrogen-bond donors (Lipinski definition) is 0. The first-order chi connectivity index (χ1) is 6.95. The van der Waals surface area contributed by atoms with Crippen LogP contribution in [0.5, 0.6) is 0 Å². The van der Waals surface area contributed by atoms with Gasteiger partial charge in [0.05, 0.1) is 0 Å². The maximum atomic E-state index is 2.29. The van der Waals surface area contributed by atoms with E-state index in [-0.39, 0.29) is 0 Å². The molecule has 1 aromatic rings. The van der Waals surface area contributed by atoms with Crippen molar-refractivity contribution in [3.8, 4) is 0 Å². The Bertz CT molecular complexity index is 330. The Hall–Kier alpha value is -1.30. The highest BCUT2D eigenvalue weighted by Crippen LogP contribution is 2.18. The Kier molecular flexibility index (Phi) is 3.18. The first-order valence-corrected chi connectivity index (χ1v) is 5.37. The van der Waals surface area contributed by atoms with E-state index in [2.05, 4.69) is 48.6 Å². The molecule has 1 aliphatic rings. The summed E-state index contributed by atoms with van der Waals surface area (Å²) in [4.78, 5) is 0. The van der Waals surface area contributed by atoms with Gasteiger partial charge in [-0.25, -0.2) is 0 Å². The van der Waals surface area contributed by atoms with Gasteiger partial charge in [0.2, 0.25) is 0 Å². The Balaban J connectivity index is 2.17. The van der Waals surface area contributed by atoms with Gasteiger partial charge >= 0.3 is 0 Å². The molecule has 0 fully saturated rings. The number of hydrogen-bond acceptors (Lipinski definition) is 0. The molecule has 1 aliphatic carbocycles. The number of allylic oxidation sites excluding steroid dienone is 3. The van der Waals surface area contributed by atoms with Gasteiger partial charge in [-0.1, -0.05) is 48.6 Å². The molecule has 72 valence electrons. The number of benzene rings is 1. The van der Waals surface area contributed by atoms with Crippen LogP contribution in [0.4, 0.5) is 0 Å². The van der Waals surface area contributed by atoms with Crippen molar-refractivity contribution in [2.45, 2.75) is 25.7 Å². The fourth-order valence-electron chi connectivity index (χ4n) is 1.79. The highest BCUT2D eigenvalue weighted by Gasteiger charge is 1.98. The zero-order chi connectivity index (χ0) is 9.64. The van der Waals surface area contributed by atoms with Crippen molar-refractivity contribution in [3.05, 3.63) is 53.6 Å². The van der Waals surface area contributed by atoms with Crippen LogP contribution in [0.25, 0.3) is 6.08 Å². The first-order valence-electron chi connectivity index (χ1n) is 5.37. The van der Waals surface area contributed by atoms with E-state index in [1.807, 2.05) is 0 Å². The molecule has 0 saturated heterocycles. The third-order valence-corrected chi connectivity index (χ3v) is 2.57. The van der Waals surface area contributed by atoms with Crippen molar-refractivity contribution in [2.24, 2.45) is 0 Å². The fraction of sp³-hybridized carbons (Fsp3) is 0.286. The predicted molar refractivity (Wildman–Crippen MR) is 62.0 cm³/mol. The quantitative estimate of drug-likeness (QED) is 0.613. The van der Waals surface area contributed by atoms with E-state index in [9.17, 15) is 0 Å². The third-order valence-electron chi connectivity index (χ3n) is 2.57. The molecule has 2 rings (SSSR count). The SMILES string of the molecule is C1=CC(=Cc2ccccc2)CCCC1. The molecule has 0 aromatic heterocycles. The fourth-order valence-corrected chi connectivity index (χ4v) is 1.79. The van der Waals surface area contributed by atoms with Gasteiger partial charge in [-0.3, -0.25) is 0 Å². The molecule has 0 nitrogen and oxygen atoms in total. The minimum atomic E-state index is 1.23. The second-order valence-corrected chi connectivity index (χ2v) is 3.78. The summed E-state index contributed by atoms with van der Waals surface area (Å²) < 4.78 is 0. The summed E-state index contributed by atoms with van der Waals surface area (Å²) in [5, 5.41) is 0. The van der Waals surface area contributed by atoms with E-state index in [1.54, 1.807) is 0 Å². The van der Waals surface area contributed by atoms with E-state index in [1.165, 1.54) is 36.8 Å². The van der Waals surface area contributed by atoms with Crippen LogP contribution < -0.4 is 0 Å². The zero-order valence-electron chi connectivity index (χ0n) is 8.45. The topological polar surface area (TPSA) is 0 Å². The summed E-state index contributed by atoms with van der Waals surface area (Å²) in [5.41, 5.74) is 2.78. The van der Waals surface area contributed by atoms with Crippen LogP contribution in [0.2, 0.25) is 0 Å². The van der Waals surface area contributed by atoms with Crippen LogP contribution >= 0.6 is 0 Å². The standard InChI is InChI=1S/C14H16/c1-2-5-9-13(8-4-1)12-14-10-6-3-7-11-14/h3-4,6-8,10-12H,1-2,5,9H2. The van der Waals surface area contributed by atoms with Crippen LogP contribution in [0.3, 0.4) is 0 Å². The second-order valence-electron chi connectivity index (χ2n) is 3.78. The molecular weight excluding hydrogens is 168 g/mol. The highest BCUT2D eigenvalue weighted by molar-refractivity contribution is 5.55. The van der Waals surface area contributed by atoms with Gasteiger partial charge in [-0.2, -0.15) is 0 Å². The van der Waals surface area contributed by atoms with Gasteiger partial charge in [0.1, 0.15) is 0 Å². The zero-order valence-corrected chi connectivity index (χ0v) is 8.45. The molecule has 1 aromatic carbocycles. The highest BCUT2D eigenvalue weighted by atomic mass is 14.0. The summed E-state index contributed by atoms with van der Waals surface area (Å²) >= 11 is 0. The molecule has 0 unspecified atom stereocenters. The summed E-state index contributed by atoms with van der Waals surface area (Å²) in [7, 11) is 0. The molecule has 0 heteroatoms. The van der Waals surface area contributed by atoms with Crippen molar-refractivity contribution in [3.63, 3.8) is 0 Å². The van der Waals surface area contributed by atoms with E-state index >= 15 is 0 Å². The summed E-state index contributed by atoms with van der Waals surface area (Å²) in [6.07, 6.45) is 12.0. The smallest absolute Gasteiger partial charge is 0.0254 e.